The molecular formula is C11H7F17. The third-order valence-corrected chi connectivity index (χ3v) is 3.47. The molecule has 0 saturated carbocycles. The van der Waals surface area contributed by atoms with E-state index < -0.39 is 53.6 Å². The molecule has 0 aliphatic rings. The van der Waals surface area contributed by atoms with Crippen LogP contribution in [0.4, 0.5) is 74.6 Å². The monoisotopic (exact) mass is 462 g/mol. The fourth-order valence-electron chi connectivity index (χ4n) is 1.54. The van der Waals surface area contributed by atoms with Gasteiger partial charge in [-0.2, -0.15) is 74.6 Å². The van der Waals surface area contributed by atoms with Crippen molar-refractivity contribution in [2.45, 2.75) is 61.5 Å². The molecule has 0 fully saturated rings. The van der Waals surface area contributed by atoms with Gasteiger partial charge in [-0.25, -0.2) is 0 Å². The lowest BCUT2D eigenvalue weighted by atomic mass is 9.86. The highest BCUT2D eigenvalue weighted by molar-refractivity contribution is 5.15. The zero-order valence-electron chi connectivity index (χ0n) is 13.0. The minimum Gasteiger partial charge on any atom is -0.199 e. The predicted octanol–water partition coefficient (Wildman–Crippen LogP) is 6.65. The van der Waals surface area contributed by atoms with Crippen molar-refractivity contribution in [3.05, 3.63) is 0 Å². The van der Waals surface area contributed by atoms with Crippen LogP contribution in [0.3, 0.4) is 0 Å². The Morgan fingerprint density at radius 3 is 0.786 bits per heavy atom. The van der Waals surface area contributed by atoms with E-state index in [9.17, 15) is 74.6 Å². The predicted molar refractivity (Wildman–Crippen MR) is 55.5 cm³/mol. The second-order valence-corrected chi connectivity index (χ2v) is 5.72. The van der Waals surface area contributed by atoms with Gasteiger partial charge in [-0.05, 0) is 0 Å². The Bertz CT molecular complexity index is 566. The summed E-state index contributed by atoms with van der Waals surface area (Å²) < 4.78 is 218. The molecule has 0 saturated heterocycles. The normalized spacial score (nSPS) is 16.7. The van der Waals surface area contributed by atoms with Crippen molar-refractivity contribution in [2.75, 3.05) is 0 Å². The van der Waals surface area contributed by atoms with E-state index in [1.807, 2.05) is 0 Å². The molecule has 0 aromatic carbocycles. The van der Waals surface area contributed by atoms with Crippen LogP contribution in [-0.4, -0.2) is 47.6 Å². The van der Waals surface area contributed by atoms with Crippen LogP contribution in [0.1, 0.15) is 13.8 Å². The lowest BCUT2D eigenvalue weighted by molar-refractivity contribution is -0.463. The molecule has 0 heterocycles. The zero-order valence-corrected chi connectivity index (χ0v) is 13.0. The molecule has 170 valence electrons. The van der Waals surface area contributed by atoms with Gasteiger partial charge in [0.2, 0.25) is 0 Å². The summed E-state index contributed by atoms with van der Waals surface area (Å²) in [6.45, 7) is -0.0423. The maximum absolute atomic E-state index is 13.2. The Labute approximate surface area is 143 Å². The number of hydrogen-bond acceptors (Lipinski definition) is 0. The summed E-state index contributed by atoms with van der Waals surface area (Å²) in [5.41, 5.74) is 0. The first-order valence-electron chi connectivity index (χ1n) is 6.41. The number of alkyl halides is 17. The summed E-state index contributed by atoms with van der Waals surface area (Å²) in [5.74, 6) is -58.8. The van der Waals surface area contributed by atoms with Crippen molar-refractivity contribution in [2.24, 2.45) is 5.92 Å². The van der Waals surface area contributed by atoms with Crippen molar-refractivity contribution in [1.29, 1.82) is 0 Å². The maximum atomic E-state index is 13.2. The highest BCUT2D eigenvalue weighted by Gasteiger charge is 2.95. The van der Waals surface area contributed by atoms with E-state index in [1.165, 1.54) is 0 Å². The fraction of sp³-hybridized carbons (Fsp3) is 1.00. The van der Waals surface area contributed by atoms with Crippen molar-refractivity contribution < 1.29 is 74.6 Å². The average molecular weight is 462 g/mol. The molecule has 0 aliphatic heterocycles. The van der Waals surface area contributed by atoms with Crippen molar-refractivity contribution in [3.63, 3.8) is 0 Å². The van der Waals surface area contributed by atoms with E-state index >= 15 is 0 Å². The molecule has 0 bridgehead atoms. The summed E-state index contributed by atoms with van der Waals surface area (Å²) in [6, 6.07) is 0. The first-order chi connectivity index (χ1) is 11.7. The van der Waals surface area contributed by atoms with Crippen molar-refractivity contribution >= 4 is 0 Å². The first kappa shape index (κ1) is 26.8. The molecule has 0 radical (unpaired) electrons. The molecule has 0 spiro atoms. The second kappa shape index (κ2) is 6.40. The molecule has 0 nitrogen and oxygen atoms in total. The maximum Gasteiger partial charge on any atom is 0.460 e. The third kappa shape index (κ3) is 3.06. The van der Waals surface area contributed by atoms with Gasteiger partial charge in [0.25, 0.3) is 0 Å². The minimum absolute atomic E-state index is 0.0211. The van der Waals surface area contributed by atoms with Gasteiger partial charge in [-0.15, -0.1) is 0 Å². The smallest absolute Gasteiger partial charge is 0.199 e. The standard InChI is InChI=1S/C11H7F17/c1-3(2)4(12,13)5(14,15)6(16,17)7(18,19)8(20,21)9(22,23)10(24,25)11(26,27)28/h3H,1-2H3. The Morgan fingerprint density at radius 2 is 0.571 bits per heavy atom. The fourth-order valence-corrected chi connectivity index (χ4v) is 1.54. The number of hydrogen-bond donors (Lipinski definition) is 0. The highest BCUT2D eigenvalue weighted by atomic mass is 19.4. The first-order valence-corrected chi connectivity index (χ1v) is 6.41. The van der Waals surface area contributed by atoms with Gasteiger partial charge >= 0.3 is 47.6 Å². The van der Waals surface area contributed by atoms with E-state index in [-0.39, 0.29) is 13.8 Å². The van der Waals surface area contributed by atoms with Gasteiger partial charge in [0.05, 0.1) is 0 Å². The molecule has 0 rings (SSSR count). The molecule has 17 heteroatoms. The van der Waals surface area contributed by atoms with E-state index in [4.69, 9.17) is 0 Å². The summed E-state index contributed by atoms with van der Waals surface area (Å²) >= 11 is 0. The van der Waals surface area contributed by atoms with Crippen LogP contribution in [0.25, 0.3) is 0 Å². The largest absolute Gasteiger partial charge is 0.460 e. The number of halogens is 17. The molecule has 0 aromatic rings. The summed E-state index contributed by atoms with van der Waals surface area (Å²) in [7, 11) is 0. The summed E-state index contributed by atoms with van der Waals surface area (Å²) in [4.78, 5) is 0. The zero-order chi connectivity index (χ0) is 23.6. The topological polar surface area (TPSA) is 0 Å². The molecule has 0 unspecified atom stereocenters. The average Bonchev–Trinajstić information content (AvgIpc) is 2.44. The van der Waals surface area contributed by atoms with Gasteiger partial charge in [0, 0.05) is 5.92 Å². The van der Waals surface area contributed by atoms with Crippen LogP contribution in [-0.2, 0) is 0 Å². The quantitative estimate of drug-likeness (QED) is 0.372. The Morgan fingerprint density at radius 1 is 0.357 bits per heavy atom. The lowest BCUT2D eigenvalue weighted by Gasteiger charge is -2.43. The van der Waals surface area contributed by atoms with Gasteiger partial charge in [0.15, 0.2) is 0 Å². The SMILES string of the molecule is CC(C)C(F)(F)C(F)(F)C(F)(F)C(F)(F)C(F)(F)C(F)(F)C(F)(F)C(F)(F)F. The Hall–Kier alpha value is -1.19. The lowest BCUT2D eigenvalue weighted by Crippen LogP contribution is -2.74. The van der Waals surface area contributed by atoms with Gasteiger partial charge in [-0.3, -0.25) is 0 Å². The molecule has 0 atom stereocenters. The van der Waals surface area contributed by atoms with E-state index in [0.717, 1.165) is 0 Å². The number of rotatable bonds is 7. The van der Waals surface area contributed by atoms with Crippen molar-refractivity contribution in [3.8, 4) is 0 Å². The molecule has 0 amide bonds. The second-order valence-electron chi connectivity index (χ2n) is 5.72. The third-order valence-electron chi connectivity index (χ3n) is 3.47. The van der Waals surface area contributed by atoms with E-state index in [2.05, 4.69) is 0 Å². The molecule has 0 aliphatic carbocycles. The highest BCUT2D eigenvalue weighted by Crippen LogP contribution is 2.64. The molecule has 0 N–H and O–H groups in total. The minimum atomic E-state index is -8.57. The molecule has 0 aromatic heterocycles. The van der Waals surface area contributed by atoms with Crippen LogP contribution in [0.5, 0.6) is 0 Å². The van der Waals surface area contributed by atoms with Crippen molar-refractivity contribution in [1.82, 2.24) is 0 Å². The van der Waals surface area contributed by atoms with E-state index in [0.29, 0.717) is 0 Å². The Balaban J connectivity index is 6.72. The summed E-state index contributed by atoms with van der Waals surface area (Å²) in [5, 5.41) is 0. The van der Waals surface area contributed by atoms with Crippen LogP contribution < -0.4 is 0 Å². The van der Waals surface area contributed by atoms with Gasteiger partial charge in [-0.1, -0.05) is 13.8 Å². The van der Waals surface area contributed by atoms with Crippen LogP contribution >= 0.6 is 0 Å². The van der Waals surface area contributed by atoms with Crippen LogP contribution in [0, 0.1) is 5.92 Å². The Kier molecular flexibility index (Phi) is 6.13. The van der Waals surface area contributed by atoms with E-state index in [1.54, 1.807) is 0 Å². The molecular weight excluding hydrogens is 455 g/mol. The van der Waals surface area contributed by atoms with Crippen LogP contribution in [0.15, 0.2) is 0 Å². The van der Waals surface area contributed by atoms with Crippen LogP contribution in [0.2, 0.25) is 0 Å². The molecule has 28 heavy (non-hydrogen) atoms. The summed E-state index contributed by atoms with van der Waals surface area (Å²) in [6.07, 6.45) is -7.74. The van der Waals surface area contributed by atoms with Gasteiger partial charge in [0.1, 0.15) is 0 Å². The van der Waals surface area contributed by atoms with Gasteiger partial charge < -0.3 is 0 Å².